The third-order valence-corrected chi connectivity index (χ3v) is 5.23. The molecule has 2 aromatic carbocycles. The average molecular weight is 406 g/mol. The van der Waals surface area contributed by atoms with Crippen LogP contribution in [0.15, 0.2) is 72.1 Å². The molecule has 0 fully saturated rings. The molecule has 5 nitrogen and oxygen atoms in total. The Morgan fingerprint density at radius 3 is 2.41 bits per heavy atom. The number of carbonyl (C=O) groups is 2. The molecule has 1 aromatic heterocycles. The van der Waals surface area contributed by atoms with Crippen LogP contribution >= 0.6 is 11.3 Å². The SMILES string of the molecule is CC(=O)N(c1ccccc1)c1nc(/C=C/C(=O)NCC(C)c2ccccc2)cs1. The predicted molar refractivity (Wildman–Crippen MR) is 118 cm³/mol. The van der Waals surface area contributed by atoms with Crippen LogP contribution in [0.25, 0.3) is 6.08 Å². The van der Waals surface area contributed by atoms with Gasteiger partial charge in [-0.2, -0.15) is 0 Å². The Morgan fingerprint density at radius 2 is 1.76 bits per heavy atom. The molecule has 0 saturated carbocycles. The van der Waals surface area contributed by atoms with Crippen LogP contribution in [0.5, 0.6) is 0 Å². The second kappa shape index (κ2) is 9.80. The van der Waals surface area contributed by atoms with Gasteiger partial charge in [-0.25, -0.2) is 4.98 Å². The number of anilines is 2. The van der Waals surface area contributed by atoms with Crippen molar-refractivity contribution < 1.29 is 9.59 Å². The lowest BCUT2D eigenvalue weighted by Crippen LogP contribution is -2.25. The van der Waals surface area contributed by atoms with Gasteiger partial charge in [0.15, 0.2) is 5.13 Å². The van der Waals surface area contributed by atoms with Crippen LogP contribution in [0.4, 0.5) is 10.8 Å². The number of amides is 2. The zero-order valence-corrected chi connectivity index (χ0v) is 17.2. The Bertz CT molecular complexity index is 984. The molecule has 0 aliphatic carbocycles. The minimum atomic E-state index is -0.172. The highest BCUT2D eigenvalue weighted by atomic mass is 32.1. The number of hydrogen-bond acceptors (Lipinski definition) is 4. The molecular weight excluding hydrogens is 382 g/mol. The fourth-order valence-corrected chi connectivity index (χ4v) is 3.69. The smallest absolute Gasteiger partial charge is 0.244 e. The third kappa shape index (κ3) is 5.62. The van der Waals surface area contributed by atoms with Crippen LogP contribution in [-0.4, -0.2) is 23.3 Å². The normalized spacial score (nSPS) is 11.9. The zero-order valence-electron chi connectivity index (χ0n) is 16.4. The van der Waals surface area contributed by atoms with Gasteiger partial charge in [-0.1, -0.05) is 55.5 Å². The maximum Gasteiger partial charge on any atom is 0.244 e. The van der Waals surface area contributed by atoms with Gasteiger partial charge in [-0.3, -0.25) is 14.5 Å². The van der Waals surface area contributed by atoms with E-state index in [1.807, 2.05) is 53.9 Å². The summed E-state index contributed by atoms with van der Waals surface area (Å²) in [5.41, 5.74) is 2.59. The molecule has 1 heterocycles. The molecule has 2 amide bonds. The number of nitrogens with zero attached hydrogens (tertiary/aromatic N) is 2. The molecule has 29 heavy (non-hydrogen) atoms. The van der Waals surface area contributed by atoms with Gasteiger partial charge >= 0.3 is 0 Å². The van der Waals surface area contributed by atoms with Crippen molar-refractivity contribution in [3.63, 3.8) is 0 Å². The summed E-state index contributed by atoms with van der Waals surface area (Å²) in [5, 5.41) is 5.30. The Morgan fingerprint density at radius 1 is 1.10 bits per heavy atom. The van der Waals surface area contributed by atoms with Crippen molar-refractivity contribution in [3.05, 3.63) is 83.4 Å². The van der Waals surface area contributed by atoms with Gasteiger partial charge in [0, 0.05) is 24.9 Å². The fourth-order valence-electron chi connectivity index (χ4n) is 2.83. The van der Waals surface area contributed by atoms with Crippen molar-refractivity contribution in [2.45, 2.75) is 19.8 Å². The van der Waals surface area contributed by atoms with E-state index >= 15 is 0 Å². The molecule has 0 radical (unpaired) electrons. The van der Waals surface area contributed by atoms with Crippen LogP contribution < -0.4 is 10.2 Å². The topological polar surface area (TPSA) is 62.3 Å². The van der Waals surface area contributed by atoms with Crippen molar-refractivity contribution >= 4 is 40.0 Å². The number of rotatable bonds is 7. The molecule has 0 spiro atoms. The summed E-state index contributed by atoms with van der Waals surface area (Å²) in [4.78, 5) is 30.3. The van der Waals surface area contributed by atoms with E-state index in [1.54, 1.807) is 11.0 Å². The van der Waals surface area contributed by atoms with Crippen molar-refractivity contribution in [2.75, 3.05) is 11.4 Å². The predicted octanol–water partition coefficient (Wildman–Crippen LogP) is 4.76. The summed E-state index contributed by atoms with van der Waals surface area (Å²) in [7, 11) is 0. The zero-order chi connectivity index (χ0) is 20.6. The highest BCUT2D eigenvalue weighted by Crippen LogP contribution is 2.29. The summed E-state index contributed by atoms with van der Waals surface area (Å²) >= 11 is 1.36. The monoisotopic (exact) mass is 405 g/mol. The molecule has 1 unspecified atom stereocenters. The minimum absolute atomic E-state index is 0.117. The summed E-state index contributed by atoms with van der Waals surface area (Å²) in [5.74, 6) is -0.0584. The van der Waals surface area contributed by atoms with Crippen LogP contribution in [0.2, 0.25) is 0 Å². The summed E-state index contributed by atoms with van der Waals surface area (Å²) in [6.45, 7) is 4.14. The number of hydrogen-bond donors (Lipinski definition) is 1. The van der Waals surface area contributed by atoms with Gasteiger partial charge in [0.05, 0.1) is 11.4 Å². The maximum absolute atomic E-state index is 12.1. The first-order valence-corrected chi connectivity index (χ1v) is 10.2. The van der Waals surface area contributed by atoms with Gasteiger partial charge in [0.25, 0.3) is 0 Å². The lowest BCUT2D eigenvalue weighted by molar-refractivity contribution is -0.117. The number of nitrogens with one attached hydrogen (secondary N) is 1. The van der Waals surface area contributed by atoms with Gasteiger partial charge in [0.2, 0.25) is 11.8 Å². The molecular formula is C23H23N3O2S. The van der Waals surface area contributed by atoms with Crippen molar-refractivity contribution in [2.24, 2.45) is 0 Å². The Kier molecular flexibility index (Phi) is 6.92. The Balaban J connectivity index is 1.61. The molecule has 1 atom stereocenters. The first-order valence-electron chi connectivity index (χ1n) is 9.36. The van der Waals surface area contributed by atoms with E-state index in [0.29, 0.717) is 17.4 Å². The molecule has 0 aliphatic rings. The molecule has 1 N–H and O–H groups in total. The quantitative estimate of drug-likeness (QED) is 0.577. The lowest BCUT2D eigenvalue weighted by atomic mass is 10.0. The van der Waals surface area contributed by atoms with E-state index in [1.165, 1.54) is 29.9 Å². The highest BCUT2D eigenvalue weighted by molar-refractivity contribution is 7.14. The van der Waals surface area contributed by atoms with Gasteiger partial charge < -0.3 is 5.32 Å². The van der Waals surface area contributed by atoms with Crippen molar-refractivity contribution in [1.82, 2.24) is 10.3 Å². The highest BCUT2D eigenvalue weighted by Gasteiger charge is 2.17. The van der Waals surface area contributed by atoms with Crippen LogP contribution in [-0.2, 0) is 9.59 Å². The summed E-state index contributed by atoms with van der Waals surface area (Å²) < 4.78 is 0. The van der Waals surface area contributed by atoms with Crippen molar-refractivity contribution in [3.8, 4) is 0 Å². The number of benzene rings is 2. The first-order chi connectivity index (χ1) is 14.0. The molecule has 0 bridgehead atoms. The Hall–Kier alpha value is -3.25. The molecule has 3 aromatic rings. The molecule has 148 valence electrons. The van der Waals surface area contributed by atoms with E-state index in [-0.39, 0.29) is 17.7 Å². The Labute approximate surface area is 174 Å². The standard InChI is InChI=1S/C23H23N3O2S/c1-17(19-9-5-3-6-10-19)15-24-22(28)14-13-20-16-29-23(25-20)26(18(2)27)21-11-7-4-8-12-21/h3-14,16-17H,15H2,1-2H3,(H,24,28)/b14-13+. The fraction of sp³-hybridized carbons (Fsp3) is 0.174. The average Bonchev–Trinajstić information content (AvgIpc) is 3.20. The number of thiazole rings is 1. The second-order valence-electron chi connectivity index (χ2n) is 6.64. The van der Waals surface area contributed by atoms with Crippen molar-refractivity contribution in [1.29, 1.82) is 0 Å². The minimum Gasteiger partial charge on any atom is -0.352 e. The van der Waals surface area contributed by atoms with Crippen LogP contribution in [0.1, 0.15) is 31.0 Å². The number of aromatic nitrogens is 1. The molecule has 0 saturated heterocycles. The first kappa shape index (κ1) is 20.5. The molecule has 3 rings (SSSR count). The van der Waals surface area contributed by atoms with Gasteiger partial charge in [-0.05, 0) is 29.7 Å². The van der Waals surface area contributed by atoms with Crippen LogP contribution in [0, 0.1) is 0 Å². The van der Waals surface area contributed by atoms with E-state index < -0.39 is 0 Å². The number of para-hydroxylation sites is 1. The van der Waals surface area contributed by atoms with E-state index in [0.717, 1.165) is 5.69 Å². The van der Waals surface area contributed by atoms with Crippen LogP contribution in [0.3, 0.4) is 0 Å². The second-order valence-corrected chi connectivity index (χ2v) is 7.47. The lowest BCUT2D eigenvalue weighted by Gasteiger charge is -2.17. The van der Waals surface area contributed by atoms with Gasteiger partial charge in [-0.15, -0.1) is 11.3 Å². The van der Waals surface area contributed by atoms with Gasteiger partial charge in [0.1, 0.15) is 0 Å². The van der Waals surface area contributed by atoms with E-state index in [4.69, 9.17) is 0 Å². The van der Waals surface area contributed by atoms with E-state index in [2.05, 4.69) is 29.4 Å². The largest absolute Gasteiger partial charge is 0.352 e. The summed E-state index contributed by atoms with van der Waals surface area (Å²) in [6.07, 6.45) is 3.13. The van der Waals surface area contributed by atoms with E-state index in [9.17, 15) is 9.59 Å². The number of carbonyl (C=O) groups excluding carboxylic acids is 2. The molecule has 0 aliphatic heterocycles. The third-order valence-electron chi connectivity index (χ3n) is 4.39. The summed E-state index contributed by atoms with van der Waals surface area (Å²) in [6, 6.07) is 19.4. The maximum atomic E-state index is 12.1. The molecule has 6 heteroatoms.